The zero-order chi connectivity index (χ0) is 18.7. The first kappa shape index (κ1) is 17.9. The molecule has 0 radical (unpaired) electrons. The van der Waals surface area contributed by atoms with Crippen LogP contribution in [0, 0.1) is 0 Å². The van der Waals surface area contributed by atoms with Gasteiger partial charge in [-0.3, -0.25) is 19.2 Å². The molecular weight excluding hydrogens is 340 g/mol. The minimum Gasteiger partial charge on any atom is -0.368 e. The molecule has 1 unspecified atom stereocenters. The highest BCUT2D eigenvalue weighted by molar-refractivity contribution is 5.95. The summed E-state index contributed by atoms with van der Waals surface area (Å²) in [5.74, 6) is -1.51. The lowest BCUT2D eigenvalue weighted by atomic mass is 10.1. The second kappa shape index (κ2) is 7.54. The van der Waals surface area contributed by atoms with E-state index in [0.717, 1.165) is 0 Å². The van der Waals surface area contributed by atoms with E-state index in [1.54, 1.807) is 6.20 Å². The minimum atomic E-state index is -0.875. The van der Waals surface area contributed by atoms with Gasteiger partial charge in [-0.05, 0) is 19.3 Å². The number of aromatic amines is 1. The summed E-state index contributed by atoms with van der Waals surface area (Å²) in [7, 11) is 0. The van der Waals surface area contributed by atoms with Crippen LogP contribution in [-0.4, -0.2) is 63.2 Å². The molecule has 2 saturated heterocycles. The normalized spacial score (nSPS) is 23.5. The van der Waals surface area contributed by atoms with Gasteiger partial charge in [-0.25, -0.2) is 4.98 Å². The van der Waals surface area contributed by atoms with E-state index in [9.17, 15) is 19.2 Å². The van der Waals surface area contributed by atoms with E-state index in [2.05, 4.69) is 20.6 Å². The Balaban J connectivity index is 1.74. The van der Waals surface area contributed by atoms with Gasteiger partial charge in [-0.1, -0.05) is 0 Å². The lowest BCUT2D eigenvalue weighted by Gasteiger charge is -2.28. The van der Waals surface area contributed by atoms with E-state index in [1.807, 2.05) is 0 Å². The average molecular weight is 362 g/mol. The molecule has 1 aromatic rings. The van der Waals surface area contributed by atoms with Gasteiger partial charge in [-0.2, -0.15) is 0 Å². The molecule has 0 bridgehead atoms. The third-order valence-corrected chi connectivity index (χ3v) is 4.77. The molecule has 3 heterocycles. The smallest absolute Gasteiger partial charge is 0.246 e. The number of hydrogen-bond donors (Lipinski definition) is 4. The van der Waals surface area contributed by atoms with Crippen molar-refractivity contribution in [2.24, 2.45) is 5.73 Å². The molecule has 3 atom stereocenters. The fourth-order valence-electron chi connectivity index (χ4n) is 3.43. The number of aromatic nitrogens is 2. The Hall–Kier alpha value is -2.91. The number of nitrogens with one attached hydrogen (secondary N) is 3. The van der Waals surface area contributed by atoms with Gasteiger partial charge in [0.1, 0.15) is 18.1 Å². The summed E-state index contributed by atoms with van der Waals surface area (Å²) in [6, 6.07) is -2.18. The van der Waals surface area contributed by atoms with Crippen molar-refractivity contribution in [2.75, 3.05) is 6.54 Å². The summed E-state index contributed by atoms with van der Waals surface area (Å²) in [6.45, 7) is 0.419. The summed E-state index contributed by atoms with van der Waals surface area (Å²) < 4.78 is 0. The first-order chi connectivity index (χ1) is 12.5. The number of primary amides is 1. The van der Waals surface area contributed by atoms with E-state index in [0.29, 0.717) is 31.5 Å². The second-order valence-corrected chi connectivity index (χ2v) is 6.59. The first-order valence-corrected chi connectivity index (χ1v) is 8.62. The average Bonchev–Trinajstić information content (AvgIpc) is 3.34. The molecule has 0 saturated carbocycles. The Morgan fingerprint density at radius 1 is 1.38 bits per heavy atom. The van der Waals surface area contributed by atoms with Crippen LogP contribution in [0.4, 0.5) is 0 Å². The molecular formula is C16H22N6O4. The molecule has 0 aliphatic carbocycles. The molecule has 3 rings (SSSR count). The van der Waals surface area contributed by atoms with Crippen molar-refractivity contribution >= 4 is 23.6 Å². The number of rotatable bonds is 6. The number of imidazole rings is 1. The summed E-state index contributed by atoms with van der Waals surface area (Å²) in [4.78, 5) is 56.6. The Labute approximate surface area is 149 Å². The Bertz CT molecular complexity index is 704. The largest absolute Gasteiger partial charge is 0.368 e. The lowest BCUT2D eigenvalue weighted by Crippen LogP contribution is -2.56. The molecule has 2 fully saturated rings. The van der Waals surface area contributed by atoms with E-state index in [4.69, 9.17) is 5.73 Å². The van der Waals surface area contributed by atoms with Crippen LogP contribution in [0.25, 0.3) is 0 Å². The van der Waals surface area contributed by atoms with Crippen LogP contribution in [0.5, 0.6) is 0 Å². The van der Waals surface area contributed by atoms with Gasteiger partial charge < -0.3 is 26.3 Å². The number of carbonyl (C=O) groups is 4. The third-order valence-electron chi connectivity index (χ3n) is 4.77. The molecule has 10 heteroatoms. The summed E-state index contributed by atoms with van der Waals surface area (Å²) in [5, 5.41) is 5.29. The Morgan fingerprint density at radius 3 is 2.81 bits per heavy atom. The van der Waals surface area contributed by atoms with Crippen LogP contribution in [0.3, 0.4) is 0 Å². The van der Waals surface area contributed by atoms with Crippen molar-refractivity contribution < 1.29 is 19.2 Å². The molecule has 5 N–H and O–H groups in total. The number of likely N-dealkylation sites (tertiary alicyclic amines) is 1. The number of hydrogen-bond acceptors (Lipinski definition) is 5. The van der Waals surface area contributed by atoms with Gasteiger partial charge in [0, 0.05) is 31.3 Å². The van der Waals surface area contributed by atoms with Gasteiger partial charge in [0.2, 0.25) is 23.6 Å². The molecule has 0 aromatic carbocycles. The predicted octanol–water partition coefficient (Wildman–Crippen LogP) is -1.81. The molecule has 1 aromatic heterocycles. The highest BCUT2D eigenvalue weighted by atomic mass is 16.2. The minimum absolute atomic E-state index is 0.185. The van der Waals surface area contributed by atoms with E-state index in [1.165, 1.54) is 11.2 Å². The third kappa shape index (κ3) is 3.84. The van der Waals surface area contributed by atoms with Crippen molar-refractivity contribution in [3.05, 3.63) is 18.2 Å². The van der Waals surface area contributed by atoms with Gasteiger partial charge in [0.05, 0.1) is 6.33 Å². The standard InChI is InChI=1S/C16H22N6O4/c17-14(24)12-2-1-5-22(12)16(26)11(6-9-7-18-8-19-9)21-15(25)10-3-4-13(23)20-10/h7-8,10-12H,1-6H2,(H2,17,24)(H,18,19)(H,20,23)(H,21,25)/t10-,11?,12-/m0/s1. The molecule has 26 heavy (non-hydrogen) atoms. The maximum absolute atomic E-state index is 13.0. The predicted molar refractivity (Wildman–Crippen MR) is 89.3 cm³/mol. The highest BCUT2D eigenvalue weighted by Gasteiger charge is 2.38. The number of carbonyl (C=O) groups excluding carboxylic acids is 4. The number of nitrogens with two attached hydrogens (primary N) is 1. The van der Waals surface area contributed by atoms with Crippen molar-refractivity contribution in [2.45, 2.75) is 50.2 Å². The fraction of sp³-hybridized carbons (Fsp3) is 0.562. The summed E-state index contributed by atoms with van der Waals surface area (Å²) >= 11 is 0. The quantitative estimate of drug-likeness (QED) is 0.470. The summed E-state index contributed by atoms with van der Waals surface area (Å²) in [5.41, 5.74) is 6.07. The maximum atomic E-state index is 13.0. The van der Waals surface area contributed by atoms with Gasteiger partial charge in [0.15, 0.2) is 0 Å². The van der Waals surface area contributed by atoms with Crippen LogP contribution in [0.1, 0.15) is 31.4 Å². The van der Waals surface area contributed by atoms with E-state index >= 15 is 0 Å². The molecule has 0 spiro atoms. The molecule has 10 nitrogen and oxygen atoms in total. The Morgan fingerprint density at radius 2 is 2.19 bits per heavy atom. The fourth-order valence-corrected chi connectivity index (χ4v) is 3.43. The van der Waals surface area contributed by atoms with Crippen LogP contribution in [-0.2, 0) is 25.6 Å². The molecule has 2 aliphatic rings. The van der Waals surface area contributed by atoms with Gasteiger partial charge in [-0.15, -0.1) is 0 Å². The number of H-pyrrole nitrogens is 1. The Kier molecular flexibility index (Phi) is 5.19. The SMILES string of the molecule is NC(=O)[C@@H]1CCCN1C(=O)C(Cc1cnc[nH]1)NC(=O)[C@@H]1CCC(=O)N1. The maximum Gasteiger partial charge on any atom is 0.246 e. The van der Waals surface area contributed by atoms with Crippen LogP contribution >= 0.6 is 0 Å². The summed E-state index contributed by atoms with van der Waals surface area (Å²) in [6.07, 6.45) is 5.13. The van der Waals surface area contributed by atoms with E-state index < -0.39 is 29.9 Å². The number of amides is 4. The zero-order valence-electron chi connectivity index (χ0n) is 14.2. The second-order valence-electron chi connectivity index (χ2n) is 6.59. The molecule has 4 amide bonds. The number of nitrogens with zero attached hydrogens (tertiary/aromatic N) is 2. The van der Waals surface area contributed by atoms with Gasteiger partial charge in [0.25, 0.3) is 0 Å². The van der Waals surface area contributed by atoms with Crippen molar-refractivity contribution in [1.29, 1.82) is 0 Å². The van der Waals surface area contributed by atoms with Crippen molar-refractivity contribution in [1.82, 2.24) is 25.5 Å². The first-order valence-electron chi connectivity index (χ1n) is 8.62. The van der Waals surface area contributed by atoms with E-state index in [-0.39, 0.29) is 24.7 Å². The lowest BCUT2D eigenvalue weighted by molar-refractivity contribution is -0.140. The van der Waals surface area contributed by atoms with Crippen LogP contribution < -0.4 is 16.4 Å². The topological polar surface area (TPSA) is 150 Å². The van der Waals surface area contributed by atoms with Gasteiger partial charge >= 0.3 is 0 Å². The highest BCUT2D eigenvalue weighted by Crippen LogP contribution is 2.19. The van der Waals surface area contributed by atoms with Crippen LogP contribution in [0.15, 0.2) is 12.5 Å². The zero-order valence-corrected chi connectivity index (χ0v) is 14.2. The monoisotopic (exact) mass is 362 g/mol. The van der Waals surface area contributed by atoms with Crippen molar-refractivity contribution in [3.63, 3.8) is 0 Å². The molecule has 2 aliphatic heterocycles. The van der Waals surface area contributed by atoms with Crippen molar-refractivity contribution in [3.8, 4) is 0 Å². The molecule has 140 valence electrons. The van der Waals surface area contributed by atoms with Crippen LogP contribution in [0.2, 0.25) is 0 Å².